The summed E-state index contributed by atoms with van der Waals surface area (Å²) in [7, 11) is 2.12. The van der Waals surface area contributed by atoms with E-state index in [4.69, 9.17) is 0 Å². The summed E-state index contributed by atoms with van der Waals surface area (Å²) in [6, 6.07) is 11.8. The highest BCUT2D eigenvalue weighted by Gasteiger charge is 2.29. The number of nitrogens with one attached hydrogen (secondary N) is 1. The molecule has 0 aromatic heterocycles. The topological polar surface area (TPSA) is 32.3 Å². The summed E-state index contributed by atoms with van der Waals surface area (Å²) in [6.07, 6.45) is 2.31. The van der Waals surface area contributed by atoms with E-state index in [0.29, 0.717) is 25.4 Å². The Hall–Kier alpha value is -2.20. The van der Waals surface area contributed by atoms with Crippen molar-refractivity contribution in [3.63, 3.8) is 0 Å². The summed E-state index contributed by atoms with van der Waals surface area (Å²) in [6.45, 7) is 3.70. The van der Waals surface area contributed by atoms with Crippen molar-refractivity contribution in [2.45, 2.75) is 38.8 Å². The van der Waals surface area contributed by atoms with Crippen LogP contribution in [0.2, 0.25) is 0 Å². The van der Waals surface area contributed by atoms with Gasteiger partial charge in [-0.25, -0.2) is 4.39 Å². The second kappa shape index (κ2) is 6.84. The average molecular weight is 352 g/mol. The van der Waals surface area contributed by atoms with E-state index in [1.165, 1.54) is 22.8 Å². The lowest BCUT2D eigenvalue weighted by Crippen LogP contribution is -2.46. The maximum atomic E-state index is 13.4. The van der Waals surface area contributed by atoms with Crippen LogP contribution >= 0.6 is 0 Å². The van der Waals surface area contributed by atoms with Gasteiger partial charge in [-0.15, -0.1) is 0 Å². The van der Waals surface area contributed by atoms with Gasteiger partial charge in [0.05, 0.1) is 0 Å². The van der Waals surface area contributed by atoms with Gasteiger partial charge in [0.25, 0.3) is 0 Å². The largest absolute Gasteiger partial charge is 0.354 e. The van der Waals surface area contributed by atoms with Crippen LogP contribution in [-0.4, -0.2) is 30.4 Å². The molecule has 0 spiro atoms. The Balaban J connectivity index is 1.36. The van der Waals surface area contributed by atoms with Gasteiger partial charge in [-0.05, 0) is 67.6 Å². The van der Waals surface area contributed by atoms with Gasteiger partial charge < -0.3 is 5.32 Å². The molecular weight excluding hydrogens is 327 g/mol. The number of rotatable bonds is 3. The number of carbonyl (C=O) groups excluding carboxylic acids is 1. The van der Waals surface area contributed by atoms with Crippen LogP contribution in [0.15, 0.2) is 36.4 Å². The van der Waals surface area contributed by atoms with E-state index in [-0.39, 0.29) is 17.6 Å². The quantitative estimate of drug-likeness (QED) is 0.921. The molecule has 2 aromatic rings. The van der Waals surface area contributed by atoms with Crippen molar-refractivity contribution in [1.29, 1.82) is 0 Å². The average Bonchev–Trinajstić information content (AvgIpc) is 3.03. The number of likely N-dealkylation sites (N-methyl/N-ethyl adjacent to an activating group) is 1. The fraction of sp³-hybridized carbons (Fsp3) is 0.409. The van der Waals surface area contributed by atoms with Crippen LogP contribution in [0.5, 0.6) is 0 Å². The molecule has 2 aromatic carbocycles. The molecule has 4 heteroatoms. The number of fused-ring (bicyclic) bond motifs is 2. The van der Waals surface area contributed by atoms with Crippen LogP contribution in [0.3, 0.4) is 0 Å². The van der Waals surface area contributed by atoms with Gasteiger partial charge in [0, 0.05) is 25.0 Å². The van der Waals surface area contributed by atoms with Crippen LogP contribution in [0.4, 0.5) is 4.39 Å². The van der Waals surface area contributed by atoms with Crippen LogP contribution < -0.4 is 5.32 Å². The molecule has 1 unspecified atom stereocenters. The molecule has 0 saturated carbocycles. The zero-order valence-corrected chi connectivity index (χ0v) is 15.4. The Morgan fingerprint density at radius 3 is 2.65 bits per heavy atom. The van der Waals surface area contributed by atoms with Gasteiger partial charge in [-0.3, -0.25) is 9.69 Å². The molecule has 0 bridgehead atoms. The molecule has 1 N–H and O–H groups in total. The van der Waals surface area contributed by atoms with E-state index >= 15 is 0 Å². The second-order valence-corrected chi connectivity index (χ2v) is 7.81. The minimum absolute atomic E-state index is 0.0739. The minimum atomic E-state index is -0.220. The molecule has 1 aliphatic heterocycles. The lowest BCUT2D eigenvalue weighted by molar-refractivity contribution is -0.125. The van der Waals surface area contributed by atoms with Crippen molar-refractivity contribution in [3.05, 3.63) is 70.0 Å². The Kier molecular flexibility index (Phi) is 4.53. The predicted octanol–water partition coefficient (Wildman–Crippen LogP) is 3.02. The number of amides is 1. The first-order valence-corrected chi connectivity index (χ1v) is 9.33. The molecule has 0 radical (unpaired) electrons. The van der Waals surface area contributed by atoms with Gasteiger partial charge in [0.15, 0.2) is 0 Å². The van der Waals surface area contributed by atoms with Gasteiger partial charge in [0.2, 0.25) is 5.91 Å². The van der Waals surface area contributed by atoms with Gasteiger partial charge >= 0.3 is 0 Å². The molecule has 2 aliphatic rings. The van der Waals surface area contributed by atoms with E-state index in [2.05, 4.69) is 42.4 Å². The molecule has 0 saturated heterocycles. The smallest absolute Gasteiger partial charge is 0.223 e. The second-order valence-electron chi connectivity index (χ2n) is 7.81. The first-order chi connectivity index (χ1) is 12.5. The number of halogens is 1. The summed E-state index contributed by atoms with van der Waals surface area (Å²) in [5.74, 6) is -0.206. The molecule has 26 heavy (non-hydrogen) atoms. The van der Waals surface area contributed by atoms with E-state index < -0.39 is 0 Å². The first-order valence-electron chi connectivity index (χ1n) is 9.33. The number of aryl methyl sites for hydroxylation is 1. The lowest BCUT2D eigenvalue weighted by atomic mass is 9.93. The Morgan fingerprint density at radius 2 is 1.81 bits per heavy atom. The molecule has 2 atom stereocenters. The normalized spacial score (nSPS) is 22.0. The van der Waals surface area contributed by atoms with E-state index in [1.807, 2.05) is 6.07 Å². The van der Waals surface area contributed by atoms with Gasteiger partial charge in [-0.1, -0.05) is 29.8 Å². The van der Waals surface area contributed by atoms with E-state index in [9.17, 15) is 9.18 Å². The summed E-state index contributed by atoms with van der Waals surface area (Å²) in [5, 5.41) is 3.15. The summed E-state index contributed by atoms with van der Waals surface area (Å²) >= 11 is 0. The molecule has 1 heterocycles. The van der Waals surface area contributed by atoms with Crippen molar-refractivity contribution in [1.82, 2.24) is 10.2 Å². The standard InChI is InChI=1S/C22H25FN2O/c1-14-3-4-16-13-25(2)21(11-17(16)7-14)12-24-22(26)19-8-15-5-6-20(23)10-18(15)9-19/h3-7,10,19,21H,8-9,11-13H2,1-2H3,(H,24,26)/t19?,21-/m0/s1. The van der Waals surface area contributed by atoms with Crippen molar-refractivity contribution >= 4 is 5.91 Å². The summed E-state index contributed by atoms with van der Waals surface area (Å²) < 4.78 is 13.4. The summed E-state index contributed by atoms with van der Waals surface area (Å²) in [4.78, 5) is 14.9. The first kappa shape index (κ1) is 17.2. The van der Waals surface area contributed by atoms with Gasteiger partial charge in [0.1, 0.15) is 5.82 Å². The minimum Gasteiger partial charge on any atom is -0.354 e. The highest BCUT2D eigenvalue weighted by Crippen LogP contribution is 2.28. The number of hydrogen-bond acceptors (Lipinski definition) is 2. The molecule has 0 fully saturated rings. The highest BCUT2D eigenvalue weighted by molar-refractivity contribution is 5.80. The Labute approximate surface area is 154 Å². The van der Waals surface area contributed by atoms with Crippen LogP contribution in [0.1, 0.15) is 27.8 Å². The Morgan fingerprint density at radius 1 is 1.08 bits per heavy atom. The molecule has 1 amide bonds. The Bertz CT molecular complexity index is 848. The fourth-order valence-corrected chi connectivity index (χ4v) is 4.27. The third-order valence-corrected chi connectivity index (χ3v) is 5.84. The molecular formula is C22H25FN2O. The molecule has 4 rings (SSSR count). The zero-order chi connectivity index (χ0) is 18.3. The van der Waals surface area contributed by atoms with Crippen LogP contribution in [-0.2, 0) is 30.6 Å². The third-order valence-electron chi connectivity index (χ3n) is 5.84. The van der Waals surface area contributed by atoms with Crippen molar-refractivity contribution < 1.29 is 9.18 Å². The van der Waals surface area contributed by atoms with Crippen LogP contribution in [0.25, 0.3) is 0 Å². The SMILES string of the molecule is Cc1ccc2c(c1)C[C@@H](CNC(=O)C1Cc3ccc(F)cc3C1)N(C)C2. The van der Waals surface area contributed by atoms with Crippen molar-refractivity contribution in [3.8, 4) is 0 Å². The summed E-state index contributed by atoms with van der Waals surface area (Å²) in [5.41, 5.74) is 6.14. The van der Waals surface area contributed by atoms with Gasteiger partial charge in [-0.2, -0.15) is 0 Å². The van der Waals surface area contributed by atoms with Crippen molar-refractivity contribution in [2.24, 2.45) is 5.92 Å². The molecule has 3 nitrogen and oxygen atoms in total. The fourth-order valence-electron chi connectivity index (χ4n) is 4.27. The number of benzene rings is 2. The van der Waals surface area contributed by atoms with Crippen molar-refractivity contribution in [2.75, 3.05) is 13.6 Å². The zero-order valence-electron chi connectivity index (χ0n) is 15.4. The monoisotopic (exact) mass is 352 g/mol. The maximum absolute atomic E-state index is 13.4. The van der Waals surface area contributed by atoms with E-state index in [0.717, 1.165) is 24.1 Å². The number of nitrogens with zero attached hydrogens (tertiary/aromatic N) is 1. The third kappa shape index (κ3) is 3.38. The highest BCUT2D eigenvalue weighted by atomic mass is 19.1. The number of carbonyl (C=O) groups is 1. The molecule has 1 aliphatic carbocycles. The van der Waals surface area contributed by atoms with E-state index in [1.54, 1.807) is 6.07 Å². The lowest BCUT2D eigenvalue weighted by Gasteiger charge is -2.34. The molecule has 136 valence electrons. The maximum Gasteiger partial charge on any atom is 0.223 e. The number of hydrogen-bond donors (Lipinski definition) is 1. The predicted molar refractivity (Wildman–Crippen MR) is 100 cm³/mol. The van der Waals surface area contributed by atoms with Crippen LogP contribution in [0, 0.1) is 18.7 Å².